The average Bonchev–Trinajstić information content (AvgIpc) is 2.61. The SMILES string of the molecule is Cc1ccc(CC(=O)CCS(=O)(=O)c2ccccc2C(=O)NC(C)C)cc1. The minimum absolute atomic E-state index is 0.0358. The Hall–Kier alpha value is -2.47. The van der Waals surface area contributed by atoms with Crippen LogP contribution in [0.2, 0.25) is 0 Å². The number of ketones is 1. The number of nitrogens with one attached hydrogen (secondary N) is 1. The molecule has 0 saturated heterocycles. The normalized spacial score (nSPS) is 11.4. The van der Waals surface area contributed by atoms with Gasteiger partial charge in [-0.3, -0.25) is 9.59 Å². The van der Waals surface area contributed by atoms with E-state index in [0.29, 0.717) is 0 Å². The number of aryl methyl sites for hydroxylation is 1. The Morgan fingerprint density at radius 3 is 2.26 bits per heavy atom. The highest BCUT2D eigenvalue weighted by atomic mass is 32.2. The molecule has 0 aliphatic heterocycles. The van der Waals surface area contributed by atoms with E-state index in [9.17, 15) is 18.0 Å². The molecule has 0 aromatic heterocycles. The molecule has 0 fully saturated rings. The fourth-order valence-corrected chi connectivity index (χ4v) is 4.14. The van der Waals surface area contributed by atoms with Crippen LogP contribution >= 0.6 is 0 Å². The first-order chi connectivity index (χ1) is 12.7. The third-order valence-corrected chi connectivity index (χ3v) is 5.83. The monoisotopic (exact) mass is 387 g/mol. The summed E-state index contributed by atoms with van der Waals surface area (Å²) >= 11 is 0. The maximum absolute atomic E-state index is 12.7. The molecule has 0 radical (unpaired) electrons. The molecule has 0 aliphatic rings. The number of carbonyl (C=O) groups excluding carboxylic acids is 2. The zero-order valence-corrected chi connectivity index (χ0v) is 16.7. The van der Waals surface area contributed by atoms with Gasteiger partial charge in [-0.05, 0) is 38.5 Å². The molecule has 1 amide bonds. The maximum atomic E-state index is 12.7. The van der Waals surface area contributed by atoms with Crippen molar-refractivity contribution >= 4 is 21.5 Å². The third-order valence-electron chi connectivity index (χ3n) is 4.06. The number of amides is 1. The van der Waals surface area contributed by atoms with Crippen LogP contribution in [0.25, 0.3) is 0 Å². The van der Waals surface area contributed by atoms with Crippen LogP contribution < -0.4 is 5.32 Å². The lowest BCUT2D eigenvalue weighted by Crippen LogP contribution is -2.31. The second-order valence-corrected chi connectivity index (χ2v) is 8.97. The van der Waals surface area contributed by atoms with Gasteiger partial charge in [0.2, 0.25) is 0 Å². The van der Waals surface area contributed by atoms with Gasteiger partial charge in [-0.15, -0.1) is 0 Å². The van der Waals surface area contributed by atoms with E-state index in [4.69, 9.17) is 0 Å². The van der Waals surface area contributed by atoms with Gasteiger partial charge in [0.05, 0.1) is 16.2 Å². The van der Waals surface area contributed by atoms with Crippen LogP contribution in [-0.2, 0) is 21.1 Å². The van der Waals surface area contributed by atoms with Crippen molar-refractivity contribution in [2.75, 3.05) is 5.75 Å². The minimum Gasteiger partial charge on any atom is -0.350 e. The van der Waals surface area contributed by atoms with E-state index in [0.717, 1.165) is 11.1 Å². The van der Waals surface area contributed by atoms with Crippen molar-refractivity contribution in [3.8, 4) is 0 Å². The Balaban J connectivity index is 2.09. The first kappa shape index (κ1) is 20.8. The number of carbonyl (C=O) groups is 2. The van der Waals surface area contributed by atoms with Crippen molar-refractivity contribution < 1.29 is 18.0 Å². The van der Waals surface area contributed by atoms with Gasteiger partial charge in [0.1, 0.15) is 5.78 Å². The molecule has 2 rings (SSSR count). The van der Waals surface area contributed by atoms with Gasteiger partial charge in [0.25, 0.3) is 5.91 Å². The summed E-state index contributed by atoms with van der Waals surface area (Å²) in [5.74, 6) is -0.898. The van der Waals surface area contributed by atoms with Crippen molar-refractivity contribution in [1.29, 1.82) is 0 Å². The van der Waals surface area contributed by atoms with Crippen molar-refractivity contribution in [3.05, 3.63) is 65.2 Å². The predicted molar refractivity (Wildman–Crippen MR) is 106 cm³/mol. The van der Waals surface area contributed by atoms with E-state index < -0.39 is 15.7 Å². The standard InChI is InChI=1S/C21H25NO4S/c1-15(2)22-21(24)19-6-4-5-7-20(19)27(25,26)13-12-18(23)14-17-10-8-16(3)9-11-17/h4-11,15H,12-14H2,1-3H3,(H,22,24). The Morgan fingerprint density at radius 1 is 1.00 bits per heavy atom. The molecule has 0 unspecified atom stereocenters. The second-order valence-electron chi connectivity index (χ2n) is 6.89. The molecule has 0 spiro atoms. The highest BCUT2D eigenvalue weighted by Crippen LogP contribution is 2.18. The van der Waals surface area contributed by atoms with Gasteiger partial charge in [0, 0.05) is 18.9 Å². The number of benzene rings is 2. The smallest absolute Gasteiger partial charge is 0.252 e. The summed E-state index contributed by atoms with van der Waals surface area (Å²) in [5, 5.41) is 2.70. The zero-order chi connectivity index (χ0) is 20.0. The number of hydrogen-bond donors (Lipinski definition) is 1. The molecule has 0 bridgehead atoms. The van der Waals surface area contributed by atoms with Crippen LogP contribution in [0.1, 0.15) is 41.8 Å². The topological polar surface area (TPSA) is 80.3 Å². The molecule has 2 aromatic rings. The lowest BCUT2D eigenvalue weighted by Gasteiger charge is -2.12. The van der Waals surface area contributed by atoms with Gasteiger partial charge in [-0.25, -0.2) is 8.42 Å². The summed E-state index contributed by atoms with van der Waals surface area (Å²) in [5.41, 5.74) is 2.07. The maximum Gasteiger partial charge on any atom is 0.252 e. The van der Waals surface area contributed by atoms with Gasteiger partial charge in [0.15, 0.2) is 9.84 Å². The molecule has 27 heavy (non-hydrogen) atoms. The van der Waals surface area contributed by atoms with Gasteiger partial charge in [-0.1, -0.05) is 42.0 Å². The molecule has 0 saturated carbocycles. The summed E-state index contributed by atoms with van der Waals surface area (Å²) in [6, 6.07) is 13.6. The fourth-order valence-electron chi connectivity index (χ4n) is 2.65. The summed E-state index contributed by atoms with van der Waals surface area (Å²) in [7, 11) is -3.75. The van der Waals surface area contributed by atoms with Crippen molar-refractivity contribution in [2.45, 2.75) is 44.6 Å². The molecule has 0 aliphatic carbocycles. The number of Topliss-reactive ketones (excluding diaryl/α,β-unsaturated/α-hetero) is 1. The van der Waals surface area contributed by atoms with Gasteiger partial charge in [-0.2, -0.15) is 0 Å². The molecule has 0 heterocycles. The quantitative estimate of drug-likeness (QED) is 0.755. The van der Waals surface area contributed by atoms with Gasteiger partial charge < -0.3 is 5.32 Å². The number of rotatable bonds is 8. The molecular formula is C21H25NO4S. The highest BCUT2D eigenvalue weighted by molar-refractivity contribution is 7.91. The van der Waals surface area contributed by atoms with Crippen molar-refractivity contribution in [2.24, 2.45) is 0 Å². The first-order valence-corrected chi connectivity index (χ1v) is 10.5. The summed E-state index contributed by atoms with van der Waals surface area (Å²) in [4.78, 5) is 24.4. The van der Waals surface area contributed by atoms with E-state index in [-0.39, 0.29) is 40.9 Å². The van der Waals surface area contributed by atoms with E-state index in [1.165, 1.54) is 12.1 Å². The van der Waals surface area contributed by atoms with Crippen molar-refractivity contribution in [1.82, 2.24) is 5.32 Å². The first-order valence-electron chi connectivity index (χ1n) is 8.89. The largest absolute Gasteiger partial charge is 0.350 e. The van der Waals surface area contributed by atoms with E-state index in [2.05, 4.69) is 5.32 Å². The fraction of sp³-hybridized carbons (Fsp3) is 0.333. The van der Waals surface area contributed by atoms with E-state index >= 15 is 0 Å². The molecule has 1 N–H and O–H groups in total. The van der Waals surface area contributed by atoms with Gasteiger partial charge >= 0.3 is 0 Å². The highest BCUT2D eigenvalue weighted by Gasteiger charge is 2.23. The average molecular weight is 388 g/mol. The Labute approximate surface area is 160 Å². The van der Waals surface area contributed by atoms with Crippen LogP contribution in [0, 0.1) is 6.92 Å². The van der Waals surface area contributed by atoms with Crippen LogP contribution in [0.4, 0.5) is 0 Å². The summed E-state index contributed by atoms with van der Waals surface area (Å²) in [6.07, 6.45) is 0.113. The summed E-state index contributed by atoms with van der Waals surface area (Å²) < 4.78 is 25.4. The number of hydrogen-bond acceptors (Lipinski definition) is 4. The van der Waals surface area contributed by atoms with Crippen LogP contribution in [-0.4, -0.2) is 31.9 Å². The Kier molecular flexibility index (Phi) is 6.91. The molecule has 6 heteroatoms. The lowest BCUT2D eigenvalue weighted by atomic mass is 10.1. The summed E-state index contributed by atoms with van der Waals surface area (Å²) in [6.45, 7) is 5.57. The van der Waals surface area contributed by atoms with Crippen molar-refractivity contribution in [3.63, 3.8) is 0 Å². The Bertz CT molecular complexity index is 915. The number of sulfone groups is 1. The third kappa shape index (κ3) is 6.03. The minimum atomic E-state index is -3.75. The molecular weight excluding hydrogens is 362 g/mol. The molecule has 5 nitrogen and oxygen atoms in total. The molecule has 144 valence electrons. The second kappa shape index (κ2) is 8.95. The van der Waals surface area contributed by atoms with E-state index in [1.54, 1.807) is 26.0 Å². The Morgan fingerprint density at radius 2 is 1.63 bits per heavy atom. The van der Waals surface area contributed by atoms with Crippen LogP contribution in [0.5, 0.6) is 0 Å². The van der Waals surface area contributed by atoms with E-state index in [1.807, 2.05) is 31.2 Å². The van der Waals surface area contributed by atoms with Crippen LogP contribution in [0.3, 0.4) is 0 Å². The predicted octanol–water partition coefficient (Wildman–Crippen LogP) is 3.11. The molecule has 0 atom stereocenters. The zero-order valence-electron chi connectivity index (χ0n) is 15.9. The lowest BCUT2D eigenvalue weighted by molar-refractivity contribution is -0.118. The van der Waals surface area contributed by atoms with Crippen LogP contribution in [0.15, 0.2) is 53.4 Å². The molecule has 2 aromatic carbocycles.